The van der Waals surface area contributed by atoms with Crippen molar-refractivity contribution in [3.8, 4) is 5.69 Å². The third-order valence-corrected chi connectivity index (χ3v) is 5.54. The number of hydrogen-bond donors (Lipinski definition) is 0. The van der Waals surface area contributed by atoms with Crippen molar-refractivity contribution in [1.29, 1.82) is 0 Å². The predicted octanol–water partition coefficient (Wildman–Crippen LogP) is 5.64. The fourth-order valence-corrected chi connectivity index (χ4v) is 4.04. The summed E-state index contributed by atoms with van der Waals surface area (Å²) in [5.74, 6) is 0.728. The summed E-state index contributed by atoms with van der Waals surface area (Å²) in [6.45, 7) is 2.07. The lowest BCUT2D eigenvalue weighted by Crippen LogP contribution is -2.21. The van der Waals surface area contributed by atoms with Gasteiger partial charge in [0, 0.05) is 10.8 Å². The predicted molar refractivity (Wildman–Crippen MR) is 113 cm³/mol. The lowest BCUT2D eigenvalue weighted by molar-refractivity contribution is 0.819. The molecule has 27 heavy (non-hydrogen) atoms. The molecule has 0 amide bonds. The molecule has 0 spiro atoms. The first kappa shape index (κ1) is 17.8. The second-order valence-corrected chi connectivity index (χ2v) is 7.69. The first-order chi connectivity index (χ1) is 13.1. The third kappa shape index (κ3) is 3.77. The van der Waals surface area contributed by atoms with Gasteiger partial charge in [-0.15, -0.1) is 0 Å². The van der Waals surface area contributed by atoms with Crippen molar-refractivity contribution >= 4 is 34.3 Å². The molecule has 0 aliphatic carbocycles. The molecule has 1 aromatic heterocycles. The van der Waals surface area contributed by atoms with Crippen molar-refractivity contribution in [2.45, 2.75) is 17.8 Å². The Labute approximate surface area is 166 Å². The number of aryl methyl sites for hydroxylation is 1. The van der Waals surface area contributed by atoms with Gasteiger partial charge in [0.2, 0.25) is 0 Å². The Kier molecular flexibility index (Phi) is 5.01. The average molecular weight is 393 g/mol. The number of benzene rings is 3. The van der Waals surface area contributed by atoms with Gasteiger partial charge >= 0.3 is 0 Å². The maximum atomic E-state index is 13.2. The molecule has 3 aromatic carbocycles. The minimum absolute atomic E-state index is 0.0886. The van der Waals surface area contributed by atoms with E-state index in [4.69, 9.17) is 16.6 Å². The molecule has 0 atom stereocenters. The lowest BCUT2D eigenvalue weighted by atomic mass is 10.2. The number of nitrogens with zero attached hydrogens (tertiary/aromatic N) is 2. The van der Waals surface area contributed by atoms with E-state index in [1.165, 1.54) is 11.1 Å². The van der Waals surface area contributed by atoms with Crippen molar-refractivity contribution < 1.29 is 0 Å². The summed E-state index contributed by atoms with van der Waals surface area (Å²) in [5.41, 5.74) is 3.74. The Morgan fingerprint density at radius 3 is 2.56 bits per heavy atom. The van der Waals surface area contributed by atoms with Gasteiger partial charge in [-0.2, -0.15) is 0 Å². The van der Waals surface area contributed by atoms with Crippen LogP contribution < -0.4 is 5.56 Å². The second kappa shape index (κ2) is 7.59. The van der Waals surface area contributed by atoms with Crippen LogP contribution in [0.3, 0.4) is 0 Å². The van der Waals surface area contributed by atoms with E-state index in [9.17, 15) is 4.79 Å². The summed E-state index contributed by atoms with van der Waals surface area (Å²) in [7, 11) is 0. The van der Waals surface area contributed by atoms with Gasteiger partial charge in [-0.05, 0) is 42.8 Å². The van der Waals surface area contributed by atoms with E-state index in [1.807, 2.05) is 30.3 Å². The lowest BCUT2D eigenvalue weighted by Gasteiger charge is -2.13. The SMILES string of the molecule is Cc1ccc(CSc2nc3ccccc3c(=O)n2-c2cccc(Cl)c2)cc1. The molecule has 4 aromatic rings. The van der Waals surface area contributed by atoms with Crippen LogP contribution in [0.5, 0.6) is 0 Å². The van der Waals surface area contributed by atoms with Gasteiger partial charge in [0.15, 0.2) is 5.16 Å². The van der Waals surface area contributed by atoms with E-state index in [1.54, 1.807) is 34.5 Å². The minimum Gasteiger partial charge on any atom is -0.268 e. The highest BCUT2D eigenvalue weighted by Gasteiger charge is 2.13. The third-order valence-electron chi connectivity index (χ3n) is 4.30. The van der Waals surface area contributed by atoms with Crippen LogP contribution in [0.2, 0.25) is 5.02 Å². The summed E-state index contributed by atoms with van der Waals surface area (Å²) >= 11 is 7.71. The van der Waals surface area contributed by atoms with Crippen LogP contribution in [0.15, 0.2) is 82.7 Å². The Bertz CT molecular complexity index is 1170. The zero-order valence-corrected chi connectivity index (χ0v) is 16.3. The summed E-state index contributed by atoms with van der Waals surface area (Å²) in [6.07, 6.45) is 0. The standard InChI is InChI=1S/C22H17ClN2OS/c1-15-9-11-16(12-10-15)14-27-22-24-20-8-3-2-7-19(20)21(26)25(22)18-6-4-5-17(23)13-18/h2-13H,14H2,1H3. The van der Waals surface area contributed by atoms with Crippen molar-refractivity contribution in [1.82, 2.24) is 9.55 Å². The van der Waals surface area contributed by atoms with Crippen LogP contribution in [0.1, 0.15) is 11.1 Å². The molecule has 0 unspecified atom stereocenters. The summed E-state index contributed by atoms with van der Waals surface area (Å²) in [6, 6.07) is 23.1. The molecule has 5 heteroatoms. The second-order valence-electron chi connectivity index (χ2n) is 6.31. The molecule has 0 bridgehead atoms. The van der Waals surface area contributed by atoms with Gasteiger partial charge in [0.05, 0.1) is 16.6 Å². The maximum absolute atomic E-state index is 13.2. The van der Waals surface area contributed by atoms with Gasteiger partial charge in [0.25, 0.3) is 5.56 Å². The number of thioether (sulfide) groups is 1. The average Bonchev–Trinajstić information content (AvgIpc) is 2.68. The molecule has 0 radical (unpaired) electrons. The molecule has 1 heterocycles. The first-order valence-electron chi connectivity index (χ1n) is 8.58. The van der Waals surface area contributed by atoms with E-state index in [-0.39, 0.29) is 5.56 Å². The normalized spacial score (nSPS) is 11.0. The first-order valence-corrected chi connectivity index (χ1v) is 9.94. The van der Waals surface area contributed by atoms with E-state index in [0.29, 0.717) is 21.1 Å². The molecule has 0 aliphatic heterocycles. The zero-order valence-electron chi connectivity index (χ0n) is 14.7. The van der Waals surface area contributed by atoms with Gasteiger partial charge in [0.1, 0.15) is 0 Å². The molecule has 0 N–H and O–H groups in total. The van der Waals surface area contributed by atoms with Crippen molar-refractivity contribution in [3.05, 3.63) is 99.3 Å². The zero-order chi connectivity index (χ0) is 18.8. The number of para-hydroxylation sites is 1. The Morgan fingerprint density at radius 1 is 1.00 bits per heavy atom. The largest absolute Gasteiger partial charge is 0.268 e. The smallest absolute Gasteiger partial charge is 0.266 e. The van der Waals surface area contributed by atoms with Crippen LogP contribution in [-0.2, 0) is 5.75 Å². The molecule has 134 valence electrons. The minimum atomic E-state index is -0.0886. The Hall–Kier alpha value is -2.56. The van der Waals surface area contributed by atoms with Crippen LogP contribution in [-0.4, -0.2) is 9.55 Å². The van der Waals surface area contributed by atoms with Crippen LogP contribution in [0.25, 0.3) is 16.6 Å². The molecular formula is C22H17ClN2OS. The van der Waals surface area contributed by atoms with Crippen molar-refractivity contribution in [2.24, 2.45) is 0 Å². The molecule has 3 nitrogen and oxygen atoms in total. The Morgan fingerprint density at radius 2 is 1.78 bits per heavy atom. The summed E-state index contributed by atoms with van der Waals surface area (Å²) < 4.78 is 1.65. The number of aromatic nitrogens is 2. The summed E-state index contributed by atoms with van der Waals surface area (Å²) in [5, 5.41) is 1.83. The molecule has 4 rings (SSSR count). The number of fused-ring (bicyclic) bond motifs is 1. The molecular weight excluding hydrogens is 376 g/mol. The van der Waals surface area contributed by atoms with Crippen molar-refractivity contribution in [3.63, 3.8) is 0 Å². The van der Waals surface area contributed by atoms with Gasteiger partial charge < -0.3 is 0 Å². The van der Waals surface area contributed by atoms with E-state index in [0.717, 1.165) is 11.4 Å². The van der Waals surface area contributed by atoms with E-state index < -0.39 is 0 Å². The van der Waals surface area contributed by atoms with Gasteiger partial charge in [-0.3, -0.25) is 9.36 Å². The fraction of sp³-hybridized carbons (Fsp3) is 0.0909. The van der Waals surface area contributed by atoms with Crippen LogP contribution >= 0.6 is 23.4 Å². The van der Waals surface area contributed by atoms with E-state index >= 15 is 0 Å². The highest BCUT2D eigenvalue weighted by molar-refractivity contribution is 7.98. The number of halogens is 1. The van der Waals surface area contributed by atoms with Gasteiger partial charge in [-0.25, -0.2) is 4.98 Å². The molecule has 0 aliphatic rings. The maximum Gasteiger partial charge on any atom is 0.266 e. The Balaban J connectivity index is 1.83. The molecule has 0 fully saturated rings. The summed E-state index contributed by atoms with van der Waals surface area (Å²) in [4.78, 5) is 17.9. The monoisotopic (exact) mass is 392 g/mol. The molecule has 0 saturated carbocycles. The van der Waals surface area contributed by atoms with Crippen LogP contribution in [0.4, 0.5) is 0 Å². The fourth-order valence-electron chi connectivity index (χ4n) is 2.88. The topological polar surface area (TPSA) is 34.9 Å². The number of rotatable bonds is 4. The highest BCUT2D eigenvalue weighted by Crippen LogP contribution is 2.25. The highest BCUT2D eigenvalue weighted by atomic mass is 35.5. The van der Waals surface area contributed by atoms with Crippen LogP contribution in [0, 0.1) is 6.92 Å². The van der Waals surface area contributed by atoms with Crippen molar-refractivity contribution in [2.75, 3.05) is 0 Å². The quantitative estimate of drug-likeness (QED) is 0.333. The molecule has 0 saturated heterocycles. The van der Waals surface area contributed by atoms with Gasteiger partial charge in [-0.1, -0.05) is 71.4 Å². The van der Waals surface area contributed by atoms with E-state index in [2.05, 4.69) is 31.2 Å². The number of hydrogen-bond acceptors (Lipinski definition) is 3.